The zero-order chi connectivity index (χ0) is 17.4. The first-order valence-electron chi connectivity index (χ1n) is 7.18. The third kappa shape index (κ3) is 2.69. The predicted molar refractivity (Wildman–Crippen MR) is 94.9 cm³/mol. The number of carbonyl (C=O) groups is 2. The lowest BCUT2D eigenvalue weighted by Gasteiger charge is -2.07. The molecule has 7 heteroatoms. The number of carbonyl (C=O) groups excluding carboxylic acids is 1. The number of aromatic nitrogens is 1. The van der Waals surface area contributed by atoms with E-state index in [0.717, 1.165) is 16.6 Å². The highest BCUT2D eigenvalue weighted by Gasteiger charge is 2.20. The average molecular weight is 341 g/mol. The first kappa shape index (κ1) is 15.9. The van der Waals surface area contributed by atoms with Crippen LogP contribution in [0.5, 0.6) is 0 Å². The molecule has 6 nitrogen and oxygen atoms in total. The van der Waals surface area contributed by atoms with Gasteiger partial charge in [0.15, 0.2) is 0 Å². The number of nitrogens with two attached hydrogens (primary N) is 1. The molecular formula is C17H15N3O3S. The maximum absolute atomic E-state index is 12.6. The lowest BCUT2D eigenvalue weighted by Crippen LogP contribution is -2.14. The molecule has 1 amide bonds. The minimum Gasteiger partial charge on any atom is -0.478 e. The number of carboxylic acid groups (broad SMARTS) is 1. The Balaban J connectivity index is 2.03. The number of nitrogen functional groups attached to an aromatic ring is 1. The van der Waals surface area contributed by atoms with Gasteiger partial charge in [0.1, 0.15) is 9.71 Å². The Bertz CT molecular complexity index is 979. The van der Waals surface area contributed by atoms with Crippen molar-refractivity contribution in [1.29, 1.82) is 0 Å². The summed E-state index contributed by atoms with van der Waals surface area (Å²) in [7, 11) is 0. The molecule has 0 atom stereocenters. The van der Waals surface area contributed by atoms with Gasteiger partial charge in [-0.1, -0.05) is 12.1 Å². The van der Waals surface area contributed by atoms with E-state index in [-0.39, 0.29) is 11.3 Å². The number of nitrogens with zero attached hydrogens (tertiary/aromatic N) is 1. The van der Waals surface area contributed by atoms with Crippen molar-refractivity contribution in [1.82, 2.24) is 4.98 Å². The summed E-state index contributed by atoms with van der Waals surface area (Å²) in [6.07, 6.45) is 0. The van der Waals surface area contributed by atoms with Gasteiger partial charge in [-0.25, -0.2) is 9.78 Å². The number of aromatic carboxylic acids is 1. The smallest absolute Gasteiger partial charge is 0.337 e. The van der Waals surface area contributed by atoms with Crippen molar-refractivity contribution in [2.24, 2.45) is 0 Å². The molecule has 1 aromatic carbocycles. The van der Waals surface area contributed by atoms with Crippen molar-refractivity contribution in [3.05, 3.63) is 52.0 Å². The van der Waals surface area contributed by atoms with Crippen molar-refractivity contribution in [3.63, 3.8) is 0 Å². The van der Waals surface area contributed by atoms with Gasteiger partial charge >= 0.3 is 5.97 Å². The van der Waals surface area contributed by atoms with Crippen LogP contribution in [-0.4, -0.2) is 22.0 Å². The van der Waals surface area contributed by atoms with E-state index in [9.17, 15) is 14.7 Å². The number of nitrogens with one attached hydrogen (secondary N) is 1. The largest absolute Gasteiger partial charge is 0.478 e. The van der Waals surface area contributed by atoms with Crippen molar-refractivity contribution in [2.45, 2.75) is 13.8 Å². The molecule has 0 aliphatic rings. The number of hydrogen-bond acceptors (Lipinski definition) is 5. The summed E-state index contributed by atoms with van der Waals surface area (Å²) in [5, 5.41) is 12.6. The van der Waals surface area contributed by atoms with Gasteiger partial charge in [-0.2, -0.15) is 0 Å². The normalized spacial score (nSPS) is 10.8. The summed E-state index contributed by atoms with van der Waals surface area (Å²) >= 11 is 1.20. The number of para-hydroxylation sites is 1. The molecule has 0 spiro atoms. The number of anilines is 2. The second-order valence-electron chi connectivity index (χ2n) is 5.41. The Morgan fingerprint density at radius 3 is 2.67 bits per heavy atom. The van der Waals surface area contributed by atoms with E-state index in [1.165, 1.54) is 17.4 Å². The molecule has 2 heterocycles. The Morgan fingerprint density at radius 1 is 1.25 bits per heavy atom. The Kier molecular flexibility index (Phi) is 3.94. The summed E-state index contributed by atoms with van der Waals surface area (Å²) in [6, 6.07) is 8.14. The van der Waals surface area contributed by atoms with Crippen LogP contribution in [0.3, 0.4) is 0 Å². The maximum atomic E-state index is 12.6. The van der Waals surface area contributed by atoms with Crippen molar-refractivity contribution in [3.8, 4) is 0 Å². The highest BCUT2D eigenvalue weighted by molar-refractivity contribution is 7.21. The quantitative estimate of drug-likeness (QED) is 0.677. The lowest BCUT2D eigenvalue weighted by molar-refractivity contribution is 0.0698. The summed E-state index contributed by atoms with van der Waals surface area (Å²) < 4.78 is 0. The SMILES string of the molecule is Cc1cc(C)c2c(N)c(C(=O)Nc3ccccc3C(=O)O)sc2n1. The van der Waals surface area contributed by atoms with Crippen molar-refractivity contribution in [2.75, 3.05) is 11.1 Å². The third-order valence-corrected chi connectivity index (χ3v) is 4.73. The Labute approximate surface area is 141 Å². The first-order chi connectivity index (χ1) is 11.4. The summed E-state index contributed by atoms with van der Waals surface area (Å²) in [4.78, 5) is 29.3. The highest BCUT2D eigenvalue weighted by atomic mass is 32.1. The molecule has 0 aliphatic carbocycles. The van der Waals surface area contributed by atoms with Gasteiger partial charge in [0.05, 0.1) is 16.9 Å². The van der Waals surface area contributed by atoms with Crippen LogP contribution in [0.1, 0.15) is 31.3 Å². The van der Waals surface area contributed by atoms with Gasteiger partial charge in [0, 0.05) is 11.1 Å². The number of pyridine rings is 1. The molecule has 2 aromatic heterocycles. The minimum atomic E-state index is -1.11. The molecule has 3 rings (SSSR count). The fourth-order valence-electron chi connectivity index (χ4n) is 2.60. The average Bonchev–Trinajstić information content (AvgIpc) is 2.84. The van der Waals surface area contributed by atoms with E-state index in [0.29, 0.717) is 15.4 Å². The van der Waals surface area contributed by atoms with E-state index in [1.807, 2.05) is 19.9 Å². The molecule has 0 saturated carbocycles. The maximum Gasteiger partial charge on any atom is 0.337 e. The number of rotatable bonds is 3. The van der Waals surface area contributed by atoms with Crippen LogP contribution >= 0.6 is 11.3 Å². The lowest BCUT2D eigenvalue weighted by atomic mass is 10.1. The number of benzene rings is 1. The zero-order valence-electron chi connectivity index (χ0n) is 13.1. The van der Waals surface area contributed by atoms with Crippen molar-refractivity contribution < 1.29 is 14.7 Å². The van der Waals surface area contributed by atoms with Crippen molar-refractivity contribution >= 4 is 44.8 Å². The van der Waals surface area contributed by atoms with Crippen LogP contribution < -0.4 is 11.1 Å². The standard InChI is InChI=1S/C17H15N3O3S/c1-8-7-9(2)19-16-12(8)13(18)14(24-16)15(21)20-11-6-4-3-5-10(11)17(22)23/h3-7H,18H2,1-2H3,(H,20,21)(H,22,23). The van der Waals surface area contributed by atoms with Gasteiger partial charge < -0.3 is 16.2 Å². The number of carboxylic acids is 1. The second kappa shape index (κ2) is 5.93. The van der Waals surface area contributed by atoms with E-state index in [4.69, 9.17) is 5.73 Å². The van der Waals surface area contributed by atoms with E-state index >= 15 is 0 Å². The number of hydrogen-bond donors (Lipinski definition) is 3. The topological polar surface area (TPSA) is 105 Å². The summed E-state index contributed by atoms with van der Waals surface area (Å²) in [6.45, 7) is 3.80. The van der Waals surface area contributed by atoms with Gasteiger partial charge in [0.25, 0.3) is 5.91 Å². The Morgan fingerprint density at radius 2 is 1.96 bits per heavy atom. The van der Waals surface area contributed by atoms with Gasteiger partial charge in [0.2, 0.25) is 0 Å². The molecule has 0 saturated heterocycles. The van der Waals surface area contributed by atoms with Gasteiger partial charge in [-0.3, -0.25) is 4.79 Å². The highest BCUT2D eigenvalue weighted by Crippen LogP contribution is 2.35. The monoisotopic (exact) mass is 341 g/mol. The molecule has 0 aliphatic heterocycles. The summed E-state index contributed by atoms with van der Waals surface area (Å²) in [5.41, 5.74) is 8.56. The summed E-state index contributed by atoms with van der Waals surface area (Å²) in [5.74, 6) is -1.55. The molecule has 0 radical (unpaired) electrons. The van der Waals surface area contributed by atoms with Crippen LogP contribution in [-0.2, 0) is 0 Å². The number of amides is 1. The molecule has 0 bridgehead atoms. The fraction of sp³-hybridized carbons (Fsp3) is 0.118. The molecule has 0 fully saturated rings. The zero-order valence-corrected chi connectivity index (χ0v) is 13.9. The minimum absolute atomic E-state index is 0.0238. The van der Waals surface area contributed by atoms with Gasteiger partial charge in [-0.15, -0.1) is 11.3 Å². The third-order valence-electron chi connectivity index (χ3n) is 3.64. The van der Waals surface area contributed by atoms with Crippen LogP contribution in [0.4, 0.5) is 11.4 Å². The van der Waals surface area contributed by atoms with Crippen LogP contribution in [0.15, 0.2) is 30.3 Å². The van der Waals surface area contributed by atoms with Crippen LogP contribution in [0.2, 0.25) is 0 Å². The first-order valence-corrected chi connectivity index (χ1v) is 8.00. The molecule has 24 heavy (non-hydrogen) atoms. The molecule has 3 aromatic rings. The number of fused-ring (bicyclic) bond motifs is 1. The number of thiophene rings is 1. The molecule has 4 N–H and O–H groups in total. The van der Waals surface area contributed by atoms with Crippen LogP contribution in [0.25, 0.3) is 10.2 Å². The van der Waals surface area contributed by atoms with Gasteiger partial charge in [-0.05, 0) is 37.6 Å². The molecule has 0 unspecified atom stereocenters. The predicted octanol–water partition coefficient (Wildman–Crippen LogP) is 3.45. The molecule has 122 valence electrons. The van der Waals surface area contributed by atoms with E-state index in [1.54, 1.807) is 18.2 Å². The Hall–Kier alpha value is -2.93. The van der Waals surface area contributed by atoms with E-state index in [2.05, 4.69) is 10.3 Å². The van der Waals surface area contributed by atoms with Crippen LogP contribution in [0, 0.1) is 13.8 Å². The second-order valence-corrected chi connectivity index (χ2v) is 6.41. The molecular weight excluding hydrogens is 326 g/mol. The fourth-order valence-corrected chi connectivity index (χ4v) is 3.71. The number of aryl methyl sites for hydroxylation is 2. The van der Waals surface area contributed by atoms with E-state index < -0.39 is 11.9 Å².